The number of hydrogen-bond acceptors (Lipinski definition) is 6. The van der Waals surface area contributed by atoms with E-state index >= 15 is 0 Å². The number of hydrogen-bond donors (Lipinski definition) is 1. The Balaban J connectivity index is 1.42. The molecule has 0 bridgehead atoms. The summed E-state index contributed by atoms with van der Waals surface area (Å²) in [7, 11) is 0. The molecule has 1 aromatic heterocycles. The molecule has 7 nitrogen and oxygen atoms in total. The highest BCUT2D eigenvalue weighted by molar-refractivity contribution is 5.99. The molecular formula is C34H38N2O5. The maximum absolute atomic E-state index is 13.1. The fourth-order valence-corrected chi connectivity index (χ4v) is 4.33. The Morgan fingerprint density at radius 3 is 2.17 bits per heavy atom. The van der Waals surface area contributed by atoms with Crippen LogP contribution >= 0.6 is 0 Å². The van der Waals surface area contributed by atoms with E-state index < -0.39 is 11.9 Å². The van der Waals surface area contributed by atoms with Crippen LogP contribution in [0.25, 0.3) is 10.9 Å². The summed E-state index contributed by atoms with van der Waals surface area (Å²) in [5, 5.41) is 3.42. The van der Waals surface area contributed by atoms with Crippen molar-refractivity contribution in [3.05, 3.63) is 102 Å². The predicted molar refractivity (Wildman–Crippen MR) is 160 cm³/mol. The Bertz CT molecular complexity index is 1390. The summed E-state index contributed by atoms with van der Waals surface area (Å²) in [6.07, 6.45) is 7.20. The zero-order valence-electron chi connectivity index (χ0n) is 23.6. The maximum atomic E-state index is 13.1. The molecule has 0 unspecified atom stereocenters. The Morgan fingerprint density at radius 2 is 1.44 bits per heavy atom. The summed E-state index contributed by atoms with van der Waals surface area (Å²) in [5.74, 6) is 0.0155. The fourth-order valence-electron chi connectivity index (χ4n) is 4.33. The van der Waals surface area contributed by atoms with E-state index in [0.29, 0.717) is 17.9 Å². The third-order valence-corrected chi connectivity index (χ3v) is 6.61. The number of rotatable bonds is 16. The highest BCUT2D eigenvalue weighted by Crippen LogP contribution is 2.27. The molecule has 1 N–H and O–H groups in total. The van der Waals surface area contributed by atoms with Crippen LogP contribution in [0.15, 0.2) is 84.9 Å². The third kappa shape index (κ3) is 9.64. The molecule has 0 aliphatic carbocycles. The smallest absolute Gasteiger partial charge is 0.325 e. The number of aromatic nitrogens is 1. The number of carbonyl (C=O) groups is 2. The molecule has 0 saturated heterocycles. The zero-order chi connectivity index (χ0) is 28.7. The van der Waals surface area contributed by atoms with E-state index in [-0.39, 0.29) is 25.5 Å². The quantitative estimate of drug-likeness (QED) is 0.118. The second kappa shape index (κ2) is 16.0. The minimum Gasteiger partial charge on any atom is -0.494 e. The average molecular weight is 555 g/mol. The average Bonchev–Trinajstić information content (AvgIpc) is 3.01. The number of benzene rings is 3. The molecule has 4 rings (SSSR count). The molecule has 0 fully saturated rings. The molecule has 3 aromatic carbocycles. The summed E-state index contributed by atoms with van der Waals surface area (Å²) in [4.78, 5) is 30.0. The molecule has 0 radical (unpaired) electrons. The molecular weight excluding hydrogens is 516 g/mol. The molecule has 1 heterocycles. The van der Waals surface area contributed by atoms with E-state index in [9.17, 15) is 9.59 Å². The number of fused-ring (bicyclic) bond motifs is 1. The van der Waals surface area contributed by atoms with Crippen LogP contribution in [0.4, 0.5) is 0 Å². The lowest BCUT2D eigenvalue weighted by Gasteiger charge is -2.14. The Morgan fingerprint density at radius 1 is 0.756 bits per heavy atom. The number of unbranched alkanes of at least 4 members (excludes halogenated alkanes) is 5. The first kappa shape index (κ1) is 29.6. The van der Waals surface area contributed by atoms with Crippen molar-refractivity contribution in [1.29, 1.82) is 0 Å². The topological polar surface area (TPSA) is 86.8 Å². The van der Waals surface area contributed by atoms with Gasteiger partial charge in [0, 0.05) is 5.39 Å². The van der Waals surface area contributed by atoms with E-state index in [1.54, 1.807) is 6.07 Å². The standard InChI is InChI=1S/C34H38N2O5/c1-2-3-4-5-6-13-20-39-29-18-19-30-28(21-29)22-31(40-24-26-14-9-7-10-15-26)33(36-30)34(38)35-23-32(37)41-25-27-16-11-8-12-17-27/h7-12,14-19,21-22H,2-6,13,20,23-25H2,1H3,(H,35,38). The molecule has 0 saturated carbocycles. The van der Waals surface area contributed by atoms with Crippen molar-refractivity contribution >= 4 is 22.8 Å². The van der Waals surface area contributed by atoms with Crippen LogP contribution in [-0.4, -0.2) is 30.0 Å². The van der Waals surface area contributed by atoms with E-state index in [1.165, 1.54) is 25.7 Å². The normalized spacial score (nSPS) is 10.8. The van der Waals surface area contributed by atoms with Gasteiger partial charge < -0.3 is 19.5 Å². The predicted octanol–water partition coefficient (Wildman–Crippen LogP) is 7.03. The van der Waals surface area contributed by atoms with Gasteiger partial charge in [0.2, 0.25) is 0 Å². The number of esters is 1. The molecule has 41 heavy (non-hydrogen) atoms. The lowest BCUT2D eigenvalue weighted by atomic mass is 10.1. The molecule has 0 atom stereocenters. The first-order chi connectivity index (χ1) is 20.1. The summed E-state index contributed by atoms with van der Waals surface area (Å²) < 4.78 is 17.3. The number of amides is 1. The van der Waals surface area contributed by atoms with Crippen molar-refractivity contribution in [3.63, 3.8) is 0 Å². The lowest BCUT2D eigenvalue weighted by molar-refractivity contribution is -0.143. The number of ether oxygens (including phenoxy) is 3. The van der Waals surface area contributed by atoms with Crippen molar-refractivity contribution in [2.75, 3.05) is 13.2 Å². The molecule has 1 amide bonds. The van der Waals surface area contributed by atoms with Crippen LogP contribution in [0.3, 0.4) is 0 Å². The monoisotopic (exact) mass is 554 g/mol. The Kier molecular flexibility index (Phi) is 11.6. The molecule has 0 spiro atoms. The van der Waals surface area contributed by atoms with Gasteiger partial charge >= 0.3 is 5.97 Å². The van der Waals surface area contributed by atoms with Crippen LogP contribution in [-0.2, 0) is 22.7 Å². The summed E-state index contributed by atoms with van der Waals surface area (Å²) in [6.45, 7) is 2.99. The van der Waals surface area contributed by atoms with Gasteiger partial charge in [-0.1, -0.05) is 99.7 Å². The van der Waals surface area contributed by atoms with Gasteiger partial charge in [-0.2, -0.15) is 0 Å². The number of pyridine rings is 1. The van der Waals surface area contributed by atoms with Crippen LogP contribution in [0, 0.1) is 0 Å². The fraction of sp³-hybridized carbons (Fsp3) is 0.324. The Hall–Kier alpha value is -4.39. The van der Waals surface area contributed by atoms with Gasteiger partial charge in [-0.25, -0.2) is 4.98 Å². The maximum Gasteiger partial charge on any atom is 0.325 e. The number of carbonyl (C=O) groups excluding carboxylic acids is 2. The van der Waals surface area contributed by atoms with Crippen molar-refractivity contribution in [1.82, 2.24) is 10.3 Å². The van der Waals surface area contributed by atoms with Gasteiger partial charge in [-0.3, -0.25) is 9.59 Å². The number of nitrogens with zero attached hydrogens (tertiary/aromatic N) is 1. The minimum absolute atomic E-state index is 0.102. The van der Waals surface area contributed by atoms with Crippen molar-refractivity contribution in [3.8, 4) is 11.5 Å². The van der Waals surface area contributed by atoms with E-state index in [2.05, 4.69) is 17.2 Å². The molecule has 7 heteroatoms. The molecule has 4 aromatic rings. The van der Waals surface area contributed by atoms with Gasteiger partial charge in [-0.15, -0.1) is 0 Å². The summed E-state index contributed by atoms with van der Waals surface area (Å²) in [5.41, 5.74) is 2.56. The van der Waals surface area contributed by atoms with Gasteiger partial charge in [0.15, 0.2) is 11.4 Å². The second-order valence-electron chi connectivity index (χ2n) is 9.91. The van der Waals surface area contributed by atoms with Crippen LogP contribution in [0.2, 0.25) is 0 Å². The van der Waals surface area contributed by atoms with Crippen molar-refractivity contribution < 1.29 is 23.8 Å². The van der Waals surface area contributed by atoms with Crippen LogP contribution in [0.1, 0.15) is 67.1 Å². The first-order valence-corrected chi connectivity index (χ1v) is 14.3. The minimum atomic E-state index is -0.540. The Labute approximate surface area is 241 Å². The van der Waals surface area contributed by atoms with E-state index in [0.717, 1.165) is 35.1 Å². The van der Waals surface area contributed by atoms with E-state index in [4.69, 9.17) is 14.2 Å². The highest BCUT2D eigenvalue weighted by atomic mass is 16.5. The van der Waals surface area contributed by atoms with E-state index in [1.807, 2.05) is 78.9 Å². The van der Waals surface area contributed by atoms with Gasteiger partial charge in [0.05, 0.1) is 12.1 Å². The zero-order valence-corrected chi connectivity index (χ0v) is 23.6. The molecule has 0 aliphatic heterocycles. The summed E-state index contributed by atoms with van der Waals surface area (Å²) in [6, 6.07) is 26.5. The summed E-state index contributed by atoms with van der Waals surface area (Å²) >= 11 is 0. The van der Waals surface area contributed by atoms with Gasteiger partial charge in [-0.05, 0) is 41.8 Å². The second-order valence-corrected chi connectivity index (χ2v) is 9.91. The largest absolute Gasteiger partial charge is 0.494 e. The first-order valence-electron chi connectivity index (χ1n) is 14.3. The van der Waals surface area contributed by atoms with Crippen LogP contribution in [0.5, 0.6) is 11.5 Å². The number of nitrogens with one attached hydrogen (secondary N) is 1. The third-order valence-electron chi connectivity index (χ3n) is 6.61. The molecule has 214 valence electrons. The SMILES string of the molecule is CCCCCCCCOc1ccc2nc(C(=O)NCC(=O)OCc3ccccc3)c(OCc3ccccc3)cc2c1. The van der Waals surface area contributed by atoms with Gasteiger partial charge in [0.1, 0.15) is 25.5 Å². The lowest BCUT2D eigenvalue weighted by Crippen LogP contribution is -2.31. The van der Waals surface area contributed by atoms with Gasteiger partial charge in [0.25, 0.3) is 5.91 Å². The van der Waals surface area contributed by atoms with Crippen LogP contribution < -0.4 is 14.8 Å². The molecule has 0 aliphatic rings. The van der Waals surface area contributed by atoms with Crippen molar-refractivity contribution in [2.45, 2.75) is 58.7 Å². The highest BCUT2D eigenvalue weighted by Gasteiger charge is 2.18. The van der Waals surface area contributed by atoms with Crippen molar-refractivity contribution in [2.24, 2.45) is 0 Å².